The average molecular weight is 446 g/mol. The van der Waals surface area contributed by atoms with Crippen LogP contribution < -0.4 is 0 Å². The summed E-state index contributed by atoms with van der Waals surface area (Å²) in [5, 5.41) is -0.442. The summed E-state index contributed by atoms with van der Waals surface area (Å²) in [6.45, 7) is 0. The van der Waals surface area contributed by atoms with Crippen LogP contribution in [0.5, 0.6) is 0 Å². The zero-order valence-electron chi connectivity index (χ0n) is 18.0. The first-order chi connectivity index (χ1) is 15.2. The van der Waals surface area contributed by atoms with Crippen LogP contribution in [0.25, 0.3) is 0 Å². The molecule has 31 heavy (non-hydrogen) atoms. The van der Waals surface area contributed by atoms with E-state index in [1.54, 1.807) is 5.56 Å². The van der Waals surface area contributed by atoms with Crippen LogP contribution in [0.15, 0.2) is 67.0 Å². The van der Waals surface area contributed by atoms with Crippen LogP contribution in [0.4, 0.5) is 0 Å². The molecular formula is C27H31N2P2-. The third kappa shape index (κ3) is 2.87. The lowest BCUT2D eigenvalue weighted by atomic mass is 9.44. The molecule has 0 aliphatic heterocycles. The topological polar surface area (TPSA) is 25.8 Å². The Morgan fingerprint density at radius 3 is 1.94 bits per heavy atom. The van der Waals surface area contributed by atoms with Crippen molar-refractivity contribution in [2.24, 2.45) is 23.7 Å². The Kier molecular flexibility index (Phi) is 4.90. The summed E-state index contributed by atoms with van der Waals surface area (Å²) in [6.07, 6.45) is 12.1. The zero-order chi connectivity index (χ0) is 21.1. The van der Waals surface area contributed by atoms with Crippen LogP contribution in [0.2, 0.25) is 0 Å². The maximum absolute atomic E-state index is 4.84. The lowest BCUT2D eigenvalue weighted by Crippen LogP contribution is -2.57. The maximum atomic E-state index is 4.84. The Labute approximate surface area is 190 Å². The Morgan fingerprint density at radius 2 is 1.45 bits per heavy atom. The number of hydrogen-bond donors (Lipinski definition) is 0. The predicted molar refractivity (Wildman–Crippen MR) is 133 cm³/mol. The van der Waals surface area contributed by atoms with Crippen molar-refractivity contribution in [1.29, 1.82) is 0 Å². The standard InChI is InChI=1S/C27H31N2P2/c30-17-26(20-13-18-12-19(15-20)16-21(26)14-18)22-6-5-7-23(22)27(31,24-8-1-3-10-28-24)25-9-2-4-11-29-25/h1-11,18-21H,12-17,30-31H2/q-1. The Hall–Kier alpha value is -1.49. The van der Waals surface area contributed by atoms with E-state index >= 15 is 0 Å². The summed E-state index contributed by atoms with van der Waals surface area (Å²) in [5.41, 5.74) is 5.30. The molecule has 160 valence electrons. The van der Waals surface area contributed by atoms with Gasteiger partial charge in [-0.1, -0.05) is 17.5 Å². The number of aromatic nitrogens is 2. The van der Waals surface area contributed by atoms with Gasteiger partial charge in [-0.15, -0.1) is 24.0 Å². The largest absolute Gasteiger partial charge is 0.260 e. The van der Waals surface area contributed by atoms with Gasteiger partial charge >= 0.3 is 0 Å². The van der Waals surface area contributed by atoms with Crippen LogP contribution in [-0.2, 0) is 10.6 Å². The van der Waals surface area contributed by atoms with Crippen LogP contribution in [0.1, 0.15) is 54.6 Å². The second-order valence-electron chi connectivity index (χ2n) is 10.1. The third-order valence-electron chi connectivity index (χ3n) is 8.81. The van der Waals surface area contributed by atoms with Crippen molar-refractivity contribution in [3.63, 3.8) is 0 Å². The molecule has 3 aromatic rings. The van der Waals surface area contributed by atoms with Gasteiger partial charge in [-0.2, -0.15) is 17.7 Å². The molecule has 0 radical (unpaired) electrons. The van der Waals surface area contributed by atoms with Gasteiger partial charge in [0.1, 0.15) is 0 Å². The minimum Gasteiger partial charge on any atom is -0.260 e. The molecule has 2 heterocycles. The smallest absolute Gasteiger partial charge is 0.0709 e. The van der Waals surface area contributed by atoms with Crippen molar-refractivity contribution in [3.8, 4) is 0 Å². The molecule has 0 amide bonds. The van der Waals surface area contributed by atoms with Gasteiger partial charge in [0.25, 0.3) is 0 Å². The van der Waals surface area contributed by atoms with Crippen LogP contribution in [0, 0.1) is 23.7 Å². The molecule has 4 aliphatic carbocycles. The van der Waals surface area contributed by atoms with Gasteiger partial charge in [-0.05, 0) is 86.2 Å². The number of rotatable bonds is 5. The molecule has 2 aromatic heterocycles. The fourth-order valence-corrected chi connectivity index (χ4v) is 9.16. The monoisotopic (exact) mass is 445 g/mol. The highest BCUT2D eigenvalue weighted by molar-refractivity contribution is 7.19. The maximum Gasteiger partial charge on any atom is 0.0709 e. The Morgan fingerprint density at radius 1 is 0.871 bits per heavy atom. The number of pyridine rings is 2. The van der Waals surface area contributed by atoms with E-state index in [9.17, 15) is 0 Å². The molecule has 4 saturated carbocycles. The van der Waals surface area contributed by atoms with Gasteiger partial charge in [-0.25, -0.2) is 6.07 Å². The minimum atomic E-state index is -0.442. The van der Waals surface area contributed by atoms with E-state index in [2.05, 4.69) is 60.9 Å². The van der Waals surface area contributed by atoms with E-state index in [1.807, 2.05) is 24.5 Å². The lowest BCUT2D eigenvalue weighted by Gasteiger charge is -2.64. The van der Waals surface area contributed by atoms with E-state index in [4.69, 9.17) is 9.97 Å². The predicted octanol–water partition coefficient (Wildman–Crippen LogP) is 5.93. The third-order valence-corrected chi connectivity index (χ3v) is 10.4. The first-order valence-electron chi connectivity index (χ1n) is 11.7. The molecule has 0 N–H and O–H groups in total. The second kappa shape index (κ2) is 7.54. The first-order valence-corrected chi connectivity index (χ1v) is 13.1. The summed E-state index contributed by atoms with van der Waals surface area (Å²) < 4.78 is 0. The summed E-state index contributed by atoms with van der Waals surface area (Å²) in [7, 11) is 6.34. The van der Waals surface area contributed by atoms with Gasteiger partial charge in [-0.3, -0.25) is 9.97 Å². The molecule has 4 heteroatoms. The Bertz CT molecular complexity index is 992. The molecule has 0 saturated heterocycles. The van der Waals surface area contributed by atoms with Crippen molar-refractivity contribution in [3.05, 3.63) is 89.5 Å². The number of nitrogens with zero attached hydrogens (tertiary/aromatic N) is 2. The fraction of sp³-hybridized carbons (Fsp3) is 0.444. The van der Waals surface area contributed by atoms with Gasteiger partial charge < -0.3 is 0 Å². The molecule has 4 aliphatic rings. The molecule has 2 unspecified atom stereocenters. The van der Waals surface area contributed by atoms with Crippen LogP contribution in [-0.4, -0.2) is 16.1 Å². The van der Waals surface area contributed by atoms with E-state index in [-0.39, 0.29) is 5.41 Å². The van der Waals surface area contributed by atoms with E-state index < -0.39 is 5.16 Å². The summed E-state index contributed by atoms with van der Waals surface area (Å²) in [6, 6.07) is 19.6. The quantitative estimate of drug-likeness (QED) is 0.359. The first kappa shape index (κ1) is 20.1. The highest BCUT2D eigenvalue weighted by atomic mass is 31.0. The van der Waals surface area contributed by atoms with Crippen molar-refractivity contribution >= 4 is 18.5 Å². The summed E-state index contributed by atoms with van der Waals surface area (Å²) in [5.74, 6) is 3.56. The van der Waals surface area contributed by atoms with Crippen molar-refractivity contribution in [1.82, 2.24) is 9.97 Å². The minimum absolute atomic E-state index is 0.266. The molecule has 7 rings (SSSR count). The second-order valence-corrected chi connectivity index (χ2v) is 11.4. The SMILES string of the molecule is PCC1(c2cc[cH-]c2C(P)(c2ccccn2)c2ccccn2)C2CC3CC(C2)CC1C3. The van der Waals surface area contributed by atoms with Gasteiger partial charge in [0.2, 0.25) is 0 Å². The van der Waals surface area contributed by atoms with E-state index in [0.29, 0.717) is 0 Å². The summed E-state index contributed by atoms with van der Waals surface area (Å²) >= 11 is 0. The molecule has 1 aromatic carbocycles. The molecular weight excluding hydrogens is 414 g/mol. The molecule has 2 atom stereocenters. The molecule has 4 fully saturated rings. The molecule has 2 nitrogen and oxygen atoms in total. The molecule has 4 bridgehead atoms. The van der Waals surface area contributed by atoms with Gasteiger partial charge in [0, 0.05) is 12.4 Å². The number of hydrogen-bond acceptors (Lipinski definition) is 2. The van der Waals surface area contributed by atoms with Crippen molar-refractivity contribution < 1.29 is 0 Å². The van der Waals surface area contributed by atoms with Gasteiger partial charge in [0.05, 0.1) is 16.5 Å². The van der Waals surface area contributed by atoms with E-state index in [0.717, 1.165) is 41.2 Å². The van der Waals surface area contributed by atoms with E-state index in [1.165, 1.54) is 37.7 Å². The van der Waals surface area contributed by atoms with Crippen LogP contribution in [0.3, 0.4) is 0 Å². The zero-order valence-corrected chi connectivity index (χ0v) is 20.3. The highest BCUT2D eigenvalue weighted by Crippen LogP contribution is 2.65. The average Bonchev–Trinajstić information content (AvgIpc) is 3.31. The lowest BCUT2D eigenvalue weighted by molar-refractivity contribution is -0.0503. The van der Waals surface area contributed by atoms with Crippen molar-refractivity contribution in [2.75, 3.05) is 6.16 Å². The summed E-state index contributed by atoms with van der Waals surface area (Å²) in [4.78, 5) is 9.69. The van der Waals surface area contributed by atoms with Gasteiger partial charge in [0.15, 0.2) is 0 Å². The highest BCUT2D eigenvalue weighted by Gasteiger charge is 2.55. The Balaban J connectivity index is 1.56. The fourth-order valence-electron chi connectivity index (χ4n) is 7.68. The van der Waals surface area contributed by atoms with Crippen molar-refractivity contribution in [2.45, 2.75) is 42.7 Å². The van der Waals surface area contributed by atoms with Crippen LogP contribution >= 0.6 is 18.5 Å². The molecule has 0 spiro atoms. The normalized spacial score (nSPS) is 31.8.